The van der Waals surface area contributed by atoms with Crippen LogP contribution in [0.3, 0.4) is 0 Å². The molecule has 0 saturated heterocycles. The topological polar surface area (TPSA) is 72.8 Å². The summed E-state index contributed by atoms with van der Waals surface area (Å²) in [4.78, 5) is 25.3. The molecule has 162 valence electrons. The van der Waals surface area contributed by atoms with Gasteiger partial charge in [0.05, 0.1) is 17.7 Å². The average Bonchev–Trinajstić information content (AvgIpc) is 2.69. The Hall–Kier alpha value is -2.66. The smallest absolute Gasteiger partial charge is 0.338 e. The fourth-order valence-electron chi connectivity index (χ4n) is 3.22. The summed E-state index contributed by atoms with van der Waals surface area (Å²) in [6.45, 7) is 11.4. The molecule has 2 aromatic rings. The predicted molar refractivity (Wildman–Crippen MR) is 117 cm³/mol. The van der Waals surface area contributed by atoms with E-state index in [4.69, 9.17) is 9.47 Å². The maximum Gasteiger partial charge on any atom is 0.338 e. The minimum atomic E-state index is -0.948. The molecule has 0 aliphatic carbocycles. The van der Waals surface area contributed by atoms with Crippen LogP contribution in [-0.4, -0.2) is 36.4 Å². The summed E-state index contributed by atoms with van der Waals surface area (Å²) in [5.41, 5.74) is 2.15. The van der Waals surface area contributed by atoms with Gasteiger partial charge in [-0.3, -0.25) is 0 Å². The summed E-state index contributed by atoms with van der Waals surface area (Å²) >= 11 is 0. The van der Waals surface area contributed by atoms with Gasteiger partial charge < -0.3 is 14.6 Å². The van der Waals surface area contributed by atoms with Crippen LogP contribution >= 0.6 is 0 Å². The Morgan fingerprint density at radius 1 is 0.800 bits per heavy atom. The van der Waals surface area contributed by atoms with Crippen LogP contribution in [-0.2, 0) is 20.3 Å². The van der Waals surface area contributed by atoms with Gasteiger partial charge in [0, 0.05) is 0 Å². The fourth-order valence-corrected chi connectivity index (χ4v) is 3.22. The zero-order valence-corrected chi connectivity index (χ0v) is 18.7. The number of hydrogen-bond acceptors (Lipinski definition) is 5. The molecule has 0 saturated carbocycles. The number of benzene rings is 2. The highest BCUT2D eigenvalue weighted by molar-refractivity contribution is 5.92. The minimum Gasteiger partial charge on any atom is -0.458 e. The van der Waals surface area contributed by atoms with Crippen molar-refractivity contribution in [2.45, 2.75) is 58.5 Å². The molecule has 0 radical (unpaired) electrons. The lowest BCUT2D eigenvalue weighted by Crippen LogP contribution is -2.30. The second-order valence-electron chi connectivity index (χ2n) is 9.40. The van der Waals surface area contributed by atoms with Crippen LogP contribution in [0.1, 0.15) is 73.4 Å². The fraction of sp³-hybridized carbons (Fsp3) is 0.440. The molecule has 0 amide bonds. The monoisotopic (exact) mass is 412 g/mol. The summed E-state index contributed by atoms with van der Waals surface area (Å²) < 4.78 is 10.8. The molecule has 0 aromatic heterocycles. The Bertz CT molecular complexity index is 887. The number of ether oxygens (including phenoxy) is 2. The summed E-state index contributed by atoms with van der Waals surface area (Å²) in [5.74, 6) is -1.06. The lowest BCUT2D eigenvalue weighted by atomic mass is 9.84. The van der Waals surface area contributed by atoms with Crippen LogP contribution in [0.5, 0.6) is 0 Å². The number of aliphatic hydroxyl groups excluding tert-OH is 1. The quantitative estimate of drug-likeness (QED) is 0.699. The van der Waals surface area contributed by atoms with E-state index in [0.717, 1.165) is 11.1 Å². The normalized spacial score (nSPS) is 12.9. The van der Waals surface area contributed by atoms with Crippen LogP contribution in [0.4, 0.5) is 0 Å². The predicted octanol–water partition coefficient (Wildman–Crippen LogP) is 4.66. The van der Waals surface area contributed by atoms with Gasteiger partial charge in [0.1, 0.15) is 6.61 Å². The van der Waals surface area contributed by atoms with Crippen LogP contribution in [0.15, 0.2) is 48.5 Å². The Morgan fingerprint density at radius 2 is 1.23 bits per heavy atom. The first-order valence-corrected chi connectivity index (χ1v) is 10.1. The SMILES string of the molecule is CC(C)(C)c1ccccc1C(=O)OCC(CO)OC(=O)c1ccccc1C(C)(C)C. The van der Waals surface area contributed by atoms with Gasteiger partial charge in [-0.2, -0.15) is 0 Å². The molecular weight excluding hydrogens is 380 g/mol. The second kappa shape index (κ2) is 9.43. The zero-order valence-electron chi connectivity index (χ0n) is 18.7. The lowest BCUT2D eigenvalue weighted by molar-refractivity contribution is -0.0172. The average molecular weight is 413 g/mol. The zero-order chi connectivity index (χ0) is 22.5. The van der Waals surface area contributed by atoms with Crippen molar-refractivity contribution in [2.24, 2.45) is 0 Å². The van der Waals surface area contributed by atoms with E-state index in [1.807, 2.05) is 65.8 Å². The molecule has 2 aromatic carbocycles. The Labute approximate surface area is 179 Å². The highest BCUT2D eigenvalue weighted by Gasteiger charge is 2.26. The molecule has 5 heteroatoms. The summed E-state index contributed by atoms with van der Waals surface area (Å²) in [6.07, 6.45) is -0.948. The molecular formula is C25H32O5. The third-order valence-electron chi connectivity index (χ3n) is 4.79. The van der Waals surface area contributed by atoms with Crippen molar-refractivity contribution in [1.29, 1.82) is 0 Å². The molecule has 0 spiro atoms. The van der Waals surface area contributed by atoms with Gasteiger partial charge in [-0.15, -0.1) is 0 Å². The maximum atomic E-state index is 12.7. The van der Waals surface area contributed by atoms with Crippen LogP contribution in [0, 0.1) is 0 Å². The van der Waals surface area contributed by atoms with Gasteiger partial charge in [-0.05, 0) is 34.1 Å². The summed E-state index contributed by atoms with van der Waals surface area (Å²) in [6, 6.07) is 14.5. The first-order chi connectivity index (χ1) is 13.9. The molecule has 30 heavy (non-hydrogen) atoms. The van der Waals surface area contributed by atoms with Crippen molar-refractivity contribution in [3.63, 3.8) is 0 Å². The Kier molecular flexibility index (Phi) is 7.43. The van der Waals surface area contributed by atoms with Gasteiger partial charge in [0.2, 0.25) is 0 Å². The molecule has 0 aliphatic rings. The van der Waals surface area contributed by atoms with E-state index in [-0.39, 0.29) is 17.4 Å². The van der Waals surface area contributed by atoms with E-state index in [0.29, 0.717) is 11.1 Å². The van der Waals surface area contributed by atoms with E-state index in [1.165, 1.54) is 0 Å². The van der Waals surface area contributed by atoms with Crippen molar-refractivity contribution < 1.29 is 24.2 Å². The second-order valence-corrected chi connectivity index (χ2v) is 9.40. The Morgan fingerprint density at radius 3 is 1.67 bits per heavy atom. The van der Waals surface area contributed by atoms with E-state index in [1.54, 1.807) is 24.3 Å². The van der Waals surface area contributed by atoms with E-state index >= 15 is 0 Å². The number of carbonyl (C=O) groups is 2. The molecule has 1 atom stereocenters. The van der Waals surface area contributed by atoms with Gasteiger partial charge >= 0.3 is 11.9 Å². The number of carbonyl (C=O) groups excluding carboxylic acids is 2. The van der Waals surface area contributed by atoms with Gasteiger partial charge in [-0.25, -0.2) is 9.59 Å². The van der Waals surface area contributed by atoms with E-state index in [2.05, 4.69) is 0 Å². The third-order valence-corrected chi connectivity index (χ3v) is 4.79. The van der Waals surface area contributed by atoms with E-state index in [9.17, 15) is 14.7 Å². The van der Waals surface area contributed by atoms with Crippen molar-refractivity contribution in [3.05, 3.63) is 70.8 Å². The maximum absolute atomic E-state index is 12.7. The number of rotatable bonds is 6. The summed E-state index contributed by atoms with van der Waals surface area (Å²) in [5, 5.41) is 9.65. The van der Waals surface area contributed by atoms with Crippen molar-refractivity contribution in [3.8, 4) is 0 Å². The van der Waals surface area contributed by atoms with Crippen LogP contribution in [0.25, 0.3) is 0 Å². The molecule has 0 aliphatic heterocycles. The third kappa shape index (κ3) is 5.92. The molecule has 2 rings (SSSR count). The summed E-state index contributed by atoms with van der Waals surface area (Å²) in [7, 11) is 0. The van der Waals surface area contributed by atoms with Crippen LogP contribution < -0.4 is 0 Å². The highest BCUT2D eigenvalue weighted by atomic mass is 16.6. The van der Waals surface area contributed by atoms with Gasteiger partial charge in [0.15, 0.2) is 6.10 Å². The standard InChI is InChI=1S/C25H32O5/c1-24(2,3)20-13-9-7-11-18(20)22(27)29-16-17(15-26)30-23(28)19-12-8-10-14-21(19)25(4,5)6/h7-14,17,26H,15-16H2,1-6H3. The number of hydrogen-bond donors (Lipinski definition) is 1. The first-order valence-electron chi connectivity index (χ1n) is 10.1. The molecule has 0 fully saturated rings. The van der Waals surface area contributed by atoms with Crippen LogP contribution in [0.2, 0.25) is 0 Å². The largest absolute Gasteiger partial charge is 0.458 e. The molecule has 1 N–H and O–H groups in total. The van der Waals surface area contributed by atoms with E-state index < -0.39 is 24.6 Å². The minimum absolute atomic E-state index is 0.225. The Balaban J connectivity index is 2.10. The van der Waals surface area contributed by atoms with Crippen molar-refractivity contribution in [2.75, 3.05) is 13.2 Å². The molecule has 0 heterocycles. The van der Waals surface area contributed by atoms with Gasteiger partial charge in [-0.1, -0.05) is 77.9 Å². The molecule has 1 unspecified atom stereocenters. The van der Waals surface area contributed by atoms with Gasteiger partial charge in [0.25, 0.3) is 0 Å². The lowest BCUT2D eigenvalue weighted by Gasteiger charge is -2.24. The first kappa shape index (κ1) is 23.6. The molecule has 5 nitrogen and oxygen atoms in total. The van der Waals surface area contributed by atoms with Crippen molar-refractivity contribution >= 4 is 11.9 Å². The number of aliphatic hydroxyl groups is 1. The number of esters is 2. The highest BCUT2D eigenvalue weighted by Crippen LogP contribution is 2.27. The molecule has 0 bridgehead atoms. The van der Waals surface area contributed by atoms with Crippen molar-refractivity contribution in [1.82, 2.24) is 0 Å².